The molecular weight excluding hydrogens is 382 g/mol. The van der Waals surface area contributed by atoms with Crippen LogP contribution in [0, 0.1) is 11.6 Å². The number of fused-ring (bicyclic) bond motifs is 1. The van der Waals surface area contributed by atoms with Gasteiger partial charge in [-0.15, -0.1) is 0 Å². The lowest BCUT2D eigenvalue weighted by atomic mass is 9.90. The minimum absolute atomic E-state index is 0.0610. The van der Waals surface area contributed by atoms with Gasteiger partial charge in [0.25, 0.3) is 5.56 Å². The molecule has 1 aliphatic rings. The normalized spacial score (nSPS) is 19.0. The van der Waals surface area contributed by atoms with Crippen LogP contribution in [0.4, 0.5) is 14.5 Å². The predicted molar refractivity (Wildman–Crippen MR) is 99.9 cm³/mol. The van der Waals surface area contributed by atoms with Crippen LogP contribution in [-0.4, -0.2) is 26.3 Å². The van der Waals surface area contributed by atoms with E-state index in [-0.39, 0.29) is 29.3 Å². The molecule has 3 heterocycles. The third-order valence-electron chi connectivity index (χ3n) is 4.62. The summed E-state index contributed by atoms with van der Waals surface area (Å²) in [5.41, 5.74) is 5.07. The Morgan fingerprint density at radius 3 is 2.90 bits per heavy atom. The molecule has 0 saturated heterocycles. The van der Waals surface area contributed by atoms with Crippen molar-refractivity contribution in [2.75, 3.05) is 0 Å². The van der Waals surface area contributed by atoms with Crippen molar-refractivity contribution in [2.45, 2.75) is 19.0 Å². The van der Waals surface area contributed by atoms with Crippen molar-refractivity contribution in [3.8, 4) is 0 Å². The molecule has 4 rings (SSSR count). The van der Waals surface area contributed by atoms with E-state index in [1.54, 1.807) is 11.5 Å². The van der Waals surface area contributed by atoms with Crippen molar-refractivity contribution in [1.29, 1.82) is 0 Å². The van der Waals surface area contributed by atoms with Crippen molar-refractivity contribution in [1.82, 2.24) is 14.5 Å². The molecule has 8 nitrogen and oxygen atoms in total. The fraction of sp³-hybridized carbons (Fsp3) is 0.158. The van der Waals surface area contributed by atoms with Crippen LogP contribution in [0.15, 0.2) is 57.6 Å². The molecule has 0 fully saturated rings. The lowest BCUT2D eigenvalue weighted by Crippen LogP contribution is -2.37. The molecule has 1 aliphatic heterocycles. The monoisotopic (exact) mass is 397 g/mol. The molecule has 0 aliphatic carbocycles. The fourth-order valence-electron chi connectivity index (χ4n) is 3.29. The SMILES string of the molecule is C[C@]1(c2cc(N=C([O-])c3c[nH]c(=O)cn3)ccc2F)Cn2cc(F)cc2C(N)=N1. The van der Waals surface area contributed by atoms with E-state index in [1.807, 2.05) is 0 Å². The quantitative estimate of drug-likeness (QED) is 0.504. The molecule has 3 aromatic rings. The zero-order chi connectivity index (χ0) is 20.8. The highest BCUT2D eigenvalue weighted by Gasteiger charge is 2.35. The second-order valence-electron chi connectivity index (χ2n) is 6.82. The molecule has 0 saturated carbocycles. The van der Waals surface area contributed by atoms with Crippen molar-refractivity contribution in [2.24, 2.45) is 15.7 Å². The van der Waals surface area contributed by atoms with E-state index >= 15 is 0 Å². The molecule has 29 heavy (non-hydrogen) atoms. The van der Waals surface area contributed by atoms with Gasteiger partial charge in [-0.2, -0.15) is 0 Å². The molecule has 2 aromatic heterocycles. The number of aromatic amines is 1. The van der Waals surface area contributed by atoms with Gasteiger partial charge in [-0.1, -0.05) is 0 Å². The Labute approximate surface area is 163 Å². The Morgan fingerprint density at radius 2 is 2.17 bits per heavy atom. The molecule has 3 N–H and O–H groups in total. The van der Waals surface area contributed by atoms with E-state index in [9.17, 15) is 18.7 Å². The first-order chi connectivity index (χ1) is 13.7. The van der Waals surface area contributed by atoms with Gasteiger partial charge in [0.05, 0.1) is 29.8 Å². The summed E-state index contributed by atoms with van der Waals surface area (Å²) in [6, 6.07) is 5.16. The van der Waals surface area contributed by atoms with Gasteiger partial charge in [-0.3, -0.25) is 14.8 Å². The summed E-state index contributed by atoms with van der Waals surface area (Å²) in [6.45, 7) is 1.82. The van der Waals surface area contributed by atoms with Gasteiger partial charge < -0.3 is 20.4 Å². The van der Waals surface area contributed by atoms with Crippen LogP contribution < -0.4 is 16.4 Å². The second-order valence-corrected chi connectivity index (χ2v) is 6.82. The lowest BCUT2D eigenvalue weighted by molar-refractivity contribution is -0.213. The number of benzene rings is 1. The number of hydrogen-bond acceptors (Lipinski definition) is 6. The lowest BCUT2D eigenvalue weighted by Gasteiger charge is -2.32. The molecule has 1 aromatic carbocycles. The number of H-pyrrole nitrogens is 1. The molecule has 0 radical (unpaired) electrons. The molecule has 0 spiro atoms. The average molecular weight is 397 g/mol. The van der Waals surface area contributed by atoms with Crippen LogP contribution in [0.3, 0.4) is 0 Å². The van der Waals surface area contributed by atoms with E-state index in [1.165, 1.54) is 30.5 Å². The summed E-state index contributed by atoms with van der Waals surface area (Å²) >= 11 is 0. The first-order valence-corrected chi connectivity index (χ1v) is 8.57. The largest absolute Gasteiger partial charge is 0.857 e. The van der Waals surface area contributed by atoms with Gasteiger partial charge in [-0.25, -0.2) is 13.8 Å². The third kappa shape index (κ3) is 3.40. The number of rotatable bonds is 3. The molecule has 148 valence electrons. The third-order valence-corrected chi connectivity index (χ3v) is 4.62. The summed E-state index contributed by atoms with van der Waals surface area (Å²) in [4.78, 5) is 25.4. The number of nitrogens with two attached hydrogens (primary N) is 1. The van der Waals surface area contributed by atoms with Crippen molar-refractivity contribution in [3.63, 3.8) is 0 Å². The van der Waals surface area contributed by atoms with Gasteiger partial charge in [0.2, 0.25) is 0 Å². The maximum Gasteiger partial charge on any atom is 0.266 e. The summed E-state index contributed by atoms with van der Waals surface area (Å²) in [5.74, 6) is -1.65. The molecule has 0 bridgehead atoms. The highest BCUT2D eigenvalue weighted by atomic mass is 19.1. The topological polar surface area (TPSA) is 124 Å². The Kier molecular flexibility index (Phi) is 4.26. The Bertz CT molecular complexity index is 1210. The van der Waals surface area contributed by atoms with Crippen LogP contribution in [0.1, 0.15) is 23.9 Å². The second kappa shape index (κ2) is 6.66. The van der Waals surface area contributed by atoms with Crippen molar-refractivity contribution >= 4 is 17.4 Å². The van der Waals surface area contributed by atoms with Crippen molar-refractivity contribution in [3.05, 3.63) is 81.8 Å². The number of nitrogens with one attached hydrogen (secondary N) is 1. The summed E-state index contributed by atoms with van der Waals surface area (Å²) in [6.07, 6.45) is 3.38. The minimum atomic E-state index is -1.13. The summed E-state index contributed by atoms with van der Waals surface area (Å²) in [7, 11) is 0. The Hall–Kier alpha value is -3.82. The highest BCUT2D eigenvalue weighted by Crippen LogP contribution is 2.35. The number of aromatic nitrogens is 3. The number of nitrogens with zero attached hydrogens (tertiary/aromatic N) is 4. The molecule has 10 heteroatoms. The zero-order valence-electron chi connectivity index (χ0n) is 15.2. The number of aliphatic imine (C=N–C) groups is 2. The first-order valence-electron chi connectivity index (χ1n) is 8.57. The van der Waals surface area contributed by atoms with Crippen LogP contribution in [0.5, 0.6) is 0 Å². The predicted octanol–water partition coefficient (Wildman–Crippen LogP) is 0.923. The van der Waals surface area contributed by atoms with Gasteiger partial charge >= 0.3 is 0 Å². The summed E-state index contributed by atoms with van der Waals surface area (Å²) in [5, 5.41) is 12.3. The minimum Gasteiger partial charge on any atom is -0.857 e. The van der Waals surface area contributed by atoms with Crippen LogP contribution in [0.25, 0.3) is 0 Å². The van der Waals surface area contributed by atoms with Gasteiger partial charge in [0.15, 0.2) is 0 Å². The van der Waals surface area contributed by atoms with Gasteiger partial charge in [-0.05, 0) is 25.1 Å². The zero-order valence-corrected chi connectivity index (χ0v) is 15.2. The molecule has 0 amide bonds. The Balaban J connectivity index is 1.74. The van der Waals surface area contributed by atoms with Crippen molar-refractivity contribution < 1.29 is 13.9 Å². The average Bonchev–Trinajstić information content (AvgIpc) is 3.04. The molecule has 0 unspecified atom stereocenters. The highest BCUT2D eigenvalue weighted by molar-refractivity contribution is 5.97. The van der Waals surface area contributed by atoms with E-state index in [0.29, 0.717) is 5.69 Å². The van der Waals surface area contributed by atoms with Crippen LogP contribution in [-0.2, 0) is 12.1 Å². The van der Waals surface area contributed by atoms with E-state index in [2.05, 4.69) is 20.0 Å². The first kappa shape index (κ1) is 18.5. The maximum atomic E-state index is 14.6. The Morgan fingerprint density at radius 1 is 1.38 bits per heavy atom. The summed E-state index contributed by atoms with van der Waals surface area (Å²) < 4.78 is 29.8. The van der Waals surface area contributed by atoms with E-state index in [4.69, 9.17) is 5.73 Å². The number of amidine groups is 1. The maximum absolute atomic E-state index is 14.6. The van der Waals surface area contributed by atoms with Crippen LogP contribution in [0.2, 0.25) is 0 Å². The molecular formula is C19H15F2N6O2-. The fourth-order valence-corrected chi connectivity index (χ4v) is 3.29. The van der Waals surface area contributed by atoms with Gasteiger partial charge in [0.1, 0.15) is 23.0 Å². The van der Waals surface area contributed by atoms with Crippen LogP contribution >= 0.6 is 0 Å². The standard InChI is InChI=1S/C19H16F2N6O2/c1-19(9-27-8-10(20)4-15(27)17(22)26-19)12-5-11(2-3-13(12)21)25-18(29)14-6-24-16(28)7-23-14/h2-8H,9H2,1H3,(H2,22,26)(H,24,28)(H,25,29)/p-1/t19-/m1/s1. The number of hydrogen-bond donors (Lipinski definition) is 2. The van der Waals surface area contributed by atoms with Gasteiger partial charge in [0, 0.05) is 29.9 Å². The van der Waals surface area contributed by atoms with E-state index in [0.717, 1.165) is 12.4 Å². The molecule has 1 atom stereocenters. The number of halogens is 2. The smallest absolute Gasteiger partial charge is 0.266 e. The van der Waals surface area contributed by atoms with E-state index < -0.39 is 28.6 Å².